The Kier molecular flexibility index (Phi) is 5.56. The molecule has 9 rings (SSSR count). The number of aromatic amines is 1. The zero-order valence-corrected chi connectivity index (χ0v) is 23.9. The van der Waals surface area contributed by atoms with Crippen LogP contribution in [0.1, 0.15) is 5.82 Å². The highest BCUT2D eigenvalue weighted by atomic mass is 15.1. The minimum Gasteiger partial charge on any atom is -0.340 e. The van der Waals surface area contributed by atoms with Crippen LogP contribution in [0.25, 0.3) is 72.4 Å². The van der Waals surface area contributed by atoms with Crippen molar-refractivity contribution in [1.82, 2.24) is 24.5 Å². The molecule has 3 heterocycles. The molecule has 44 heavy (non-hydrogen) atoms. The topological polar surface area (TPSA) is 59.4 Å². The van der Waals surface area contributed by atoms with Gasteiger partial charge in [-0.25, -0.2) is 15.0 Å². The van der Waals surface area contributed by atoms with Gasteiger partial charge in [-0.1, -0.05) is 103 Å². The second-order valence-electron chi connectivity index (χ2n) is 11.4. The highest BCUT2D eigenvalue weighted by Gasteiger charge is 2.19. The molecule has 8 aromatic rings. The number of fused-ring (bicyclic) bond motifs is 4. The number of para-hydroxylation sites is 4. The Bertz CT molecular complexity index is 2350. The number of rotatable bonds is 6. The van der Waals surface area contributed by atoms with Gasteiger partial charge in [-0.3, -0.25) is 4.57 Å². The summed E-state index contributed by atoms with van der Waals surface area (Å²) in [6.07, 6.45) is 5.33. The molecule has 1 aliphatic carbocycles. The molecule has 5 heteroatoms. The third-order valence-corrected chi connectivity index (χ3v) is 8.46. The first-order chi connectivity index (χ1) is 21.8. The van der Waals surface area contributed by atoms with Gasteiger partial charge in [0.15, 0.2) is 0 Å². The monoisotopic (exact) mass is 565 g/mol. The molecule has 0 amide bonds. The van der Waals surface area contributed by atoms with Crippen LogP contribution < -0.4 is 0 Å². The number of benzene rings is 5. The van der Waals surface area contributed by atoms with Gasteiger partial charge >= 0.3 is 0 Å². The quantitative estimate of drug-likeness (QED) is 0.205. The number of nitrogens with one attached hydrogen (secondary N) is 1. The lowest BCUT2D eigenvalue weighted by molar-refractivity contribution is 0.843. The Labute approximate surface area is 254 Å². The molecule has 0 atom stereocenters. The van der Waals surface area contributed by atoms with E-state index in [4.69, 9.17) is 15.0 Å². The van der Waals surface area contributed by atoms with Crippen LogP contribution in [0.5, 0.6) is 0 Å². The normalized spacial score (nSPS) is 12.9. The van der Waals surface area contributed by atoms with E-state index in [0.29, 0.717) is 5.92 Å². The Hall–Kier alpha value is -5.81. The van der Waals surface area contributed by atoms with Gasteiger partial charge in [-0.05, 0) is 47.5 Å². The first-order valence-corrected chi connectivity index (χ1v) is 15.0. The highest BCUT2D eigenvalue weighted by molar-refractivity contribution is 6.07. The van der Waals surface area contributed by atoms with E-state index in [1.54, 1.807) is 0 Å². The molecule has 0 radical (unpaired) electrons. The smallest absolute Gasteiger partial charge is 0.145 e. The summed E-state index contributed by atoms with van der Waals surface area (Å²) in [6, 6.07) is 44.4. The highest BCUT2D eigenvalue weighted by Crippen LogP contribution is 2.35. The van der Waals surface area contributed by atoms with E-state index in [1.807, 2.05) is 18.2 Å². The number of H-pyrrole nitrogens is 1. The van der Waals surface area contributed by atoms with Crippen molar-refractivity contribution in [3.63, 3.8) is 0 Å². The van der Waals surface area contributed by atoms with E-state index in [1.165, 1.54) is 0 Å². The van der Waals surface area contributed by atoms with E-state index in [-0.39, 0.29) is 0 Å². The van der Waals surface area contributed by atoms with Gasteiger partial charge in [0.2, 0.25) is 0 Å². The molecule has 1 aliphatic rings. The van der Waals surface area contributed by atoms with Gasteiger partial charge < -0.3 is 4.98 Å². The van der Waals surface area contributed by atoms with Gasteiger partial charge in [0, 0.05) is 34.5 Å². The lowest BCUT2D eigenvalue weighted by atomic mass is 10.00. The number of hydrogen-bond donors (Lipinski definition) is 1. The van der Waals surface area contributed by atoms with Crippen molar-refractivity contribution in [3.05, 3.63) is 145 Å². The predicted molar refractivity (Wildman–Crippen MR) is 179 cm³/mol. The van der Waals surface area contributed by atoms with Gasteiger partial charge in [0.05, 0.1) is 27.8 Å². The molecule has 0 fully saturated rings. The molecular formula is C39H27N5. The standard InChI is InChI=1S/C39H27N5/c1-2-11-30(12-3-1)44-34-16-7-6-15-33(34)41-39(44)29-10-8-9-28(24-29)26-19-21-27(22-20-26)36-38-37(31-13-4-5-14-32(31)40-36)42-35(43-38)23-25-17-18-25/h1-22,24-25H,23H2,(H,42,43). The van der Waals surface area contributed by atoms with Crippen molar-refractivity contribution in [2.75, 3.05) is 0 Å². The van der Waals surface area contributed by atoms with E-state index in [2.05, 4.69) is 131 Å². The van der Waals surface area contributed by atoms with E-state index >= 15 is 0 Å². The maximum absolute atomic E-state index is 5.10. The zero-order chi connectivity index (χ0) is 29.0. The molecule has 5 aromatic carbocycles. The number of pyridine rings is 1. The van der Waals surface area contributed by atoms with Gasteiger partial charge in [0.1, 0.15) is 17.2 Å². The maximum Gasteiger partial charge on any atom is 0.145 e. The Morgan fingerprint density at radius 1 is 0.591 bits per heavy atom. The summed E-state index contributed by atoms with van der Waals surface area (Å²) in [5.41, 5.74) is 11.4. The number of hydrogen-bond acceptors (Lipinski definition) is 3. The molecule has 3 aromatic heterocycles. The van der Waals surface area contributed by atoms with Crippen LogP contribution in [0.15, 0.2) is 140 Å². The number of imidazole rings is 2. The Morgan fingerprint density at radius 2 is 1.32 bits per heavy atom. The molecule has 0 spiro atoms. The van der Waals surface area contributed by atoms with Crippen LogP contribution in [0, 0.1) is 5.92 Å². The van der Waals surface area contributed by atoms with Crippen LogP contribution in [0.2, 0.25) is 0 Å². The average Bonchev–Trinajstić information content (AvgIpc) is 3.66. The molecular weight excluding hydrogens is 538 g/mol. The third kappa shape index (κ3) is 4.21. The minimum atomic E-state index is 0.511. The van der Waals surface area contributed by atoms with E-state index in [9.17, 15) is 0 Å². The van der Waals surface area contributed by atoms with Crippen LogP contribution in [0.4, 0.5) is 0 Å². The molecule has 0 aliphatic heterocycles. The van der Waals surface area contributed by atoms with E-state index < -0.39 is 0 Å². The van der Waals surface area contributed by atoms with Crippen LogP contribution in [0.3, 0.4) is 0 Å². The SMILES string of the molecule is C1=CC1Cc1nc2c([nH]1)c(-c1ccc(-c3cccc(-c4nc5ccccc5n4-c4ccccc4)c3)cc1)nc1ccccc12. The van der Waals surface area contributed by atoms with Gasteiger partial charge in [-0.2, -0.15) is 0 Å². The zero-order valence-electron chi connectivity index (χ0n) is 23.9. The fourth-order valence-corrected chi connectivity index (χ4v) is 6.20. The Balaban J connectivity index is 1.12. The van der Waals surface area contributed by atoms with Crippen molar-refractivity contribution < 1.29 is 0 Å². The largest absolute Gasteiger partial charge is 0.340 e. The van der Waals surface area contributed by atoms with Crippen molar-refractivity contribution in [3.8, 4) is 39.5 Å². The first kappa shape index (κ1) is 24.8. The third-order valence-electron chi connectivity index (χ3n) is 8.46. The summed E-state index contributed by atoms with van der Waals surface area (Å²) < 4.78 is 2.24. The lowest BCUT2D eigenvalue weighted by Crippen LogP contribution is -1.97. The molecule has 0 bridgehead atoms. The Morgan fingerprint density at radius 3 is 2.16 bits per heavy atom. The molecule has 5 nitrogen and oxygen atoms in total. The molecule has 0 unspecified atom stereocenters. The number of nitrogens with zero attached hydrogens (tertiary/aromatic N) is 4. The van der Waals surface area contributed by atoms with Crippen molar-refractivity contribution in [2.24, 2.45) is 5.92 Å². The van der Waals surface area contributed by atoms with E-state index in [0.717, 1.165) is 84.7 Å². The fraction of sp³-hybridized carbons (Fsp3) is 0.0513. The van der Waals surface area contributed by atoms with Crippen molar-refractivity contribution in [1.29, 1.82) is 0 Å². The average molecular weight is 566 g/mol. The first-order valence-electron chi connectivity index (χ1n) is 15.0. The summed E-state index contributed by atoms with van der Waals surface area (Å²) in [6.45, 7) is 0. The molecule has 0 saturated heterocycles. The second-order valence-corrected chi connectivity index (χ2v) is 11.4. The predicted octanol–water partition coefficient (Wildman–Crippen LogP) is 9.18. The summed E-state index contributed by atoms with van der Waals surface area (Å²) >= 11 is 0. The summed E-state index contributed by atoms with van der Waals surface area (Å²) in [5, 5.41) is 1.08. The summed E-state index contributed by atoms with van der Waals surface area (Å²) in [4.78, 5) is 18.8. The fourth-order valence-electron chi connectivity index (χ4n) is 6.20. The summed E-state index contributed by atoms with van der Waals surface area (Å²) in [7, 11) is 0. The second kappa shape index (κ2) is 9.89. The lowest BCUT2D eigenvalue weighted by Gasteiger charge is -2.11. The summed E-state index contributed by atoms with van der Waals surface area (Å²) in [5.74, 6) is 2.44. The molecule has 0 saturated carbocycles. The van der Waals surface area contributed by atoms with Crippen LogP contribution >= 0.6 is 0 Å². The van der Waals surface area contributed by atoms with Crippen molar-refractivity contribution in [2.45, 2.75) is 6.42 Å². The minimum absolute atomic E-state index is 0.511. The van der Waals surface area contributed by atoms with Crippen LogP contribution in [-0.2, 0) is 6.42 Å². The number of aromatic nitrogens is 5. The molecule has 1 N–H and O–H groups in total. The van der Waals surface area contributed by atoms with Crippen LogP contribution in [-0.4, -0.2) is 24.5 Å². The number of allylic oxidation sites excluding steroid dienone is 2. The van der Waals surface area contributed by atoms with Crippen molar-refractivity contribution >= 4 is 33.0 Å². The maximum atomic E-state index is 5.10. The molecule has 208 valence electrons. The van der Waals surface area contributed by atoms with Gasteiger partial charge in [-0.15, -0.1) is 0 Å². The van der Waals surface area contributed by atoms with Gasteiger partial charge in [0.25, 0.3) is 0 Å².